The van der Waals surface area contributed by atoms with Crippen molar-refractivity contribution in [1.82, 2.24) is 5.43 Å². The minimum atomic E-state index is -0.344. The van der Waals surface area contributed by atoms with E-state index in [9.17, 15) is 9.90 Å². The molecule has 0 aliphatic heterocycles. The largest absolute Gasteiger partial charge is 0.506 e. The molecule has 0 bridgehead atoms. The molecule has 0 saturated heterocycles. The number of benzene rings is 2. The molecule has 2 rings (SSSR count). The van der Waals surface area contributed by atoms with E-state index in [4.69, 9.17) is 4.74 Å². The number of ether oxygens (including phenoxy) is 1. The van der Waals surface area contributed by atoms with Crippen molar-refractivity contribution in [2.75, 3.05) is 7.11 Å². The van der Waals surface area contributed by atoms with Crippen LogP contribution < -0.4 is 10.2 Å². The molecule has 7 heteroatoms. The Kier molecular flexibility index (Phi) is 5.78. The van der Waals surface area contributed by atoms with E-state index < -0.39 is 0 Å². The summed E-state index contributed by atoms with van der Waals surface area (Å²) in [6.45, 7) is 0. The van der Waals surface area contributed by atoms with Crippen LogP contribution in [0.25, 0.3) is 0 Å². The predicted octanol–water partition coefficient (Wildman–Crippen LogP) is 3.53. The van der Waals surface area contributed by atoms with Crippen molar-refractivity contribution >= 4 is 50.6 Å². The van der Waals surface area contributed by atoms with Gasteiger partial charge in [-0.15, -0.1) is 0 Å². The lowest BCUT2D eigenvalue weighted by atomic mass is 10.2. The number of phenolic OH excluding ortho intramolecular Hbond substituents is 1. The zero-order valence-electron chi connectivity index (χ0n) is 11.5. The van der Waals surface area contributed by atoms with Gasteiger partial charge < -0.3 is 9.84 Å². The van der Waals surface area contributed by atoms with Crippen molar-refractivity contribution in [3.8, 4) is 11.5 Å². The van der Waals surface area contributed by atoms with Gasteiger partial charge in [0.15, 0.2) is 0 Å². The Morgan fingerprint density at radius 2 is 2.05 bits per heavy atom. The molecule has 0 heterocycles. The number of amides is 1. The molecule has 0 fully saturated rings. The van der Waals surface area contributed by atoms with E-state index in [1.165, 1.54) is 6.21 Å². The van der Waals surface area contributed by atoms with Crippen LogP contribution in [0.5, 0.6) is 11.5 Å². The molecule has 0 radical (unpaired) electrons. The average molecular weight is 475 g/mol. The van der Waals surface area contributed by atoms with Crippen LogP contribution in [0.4, 0.5) is 0 Å². The first-order valence-corrected chi connectivity index (χ1v) is 8.04. The first kappa shape index (κ1) is 16.8. The van der Waals surface area contributed by atoms with E-state index in [2.05, 4.69) is 26.5 Å². The maximum atomic E-state index is 11.9. The highest BCUT2D eigenvalue weighted by molar-refractivity contribution is 14.1. The lowest BCUT2D eigenvalue weighted by molar-refractivity contribution is 0.0955. The van der Waals surface area contributed by atoms with Gasteiger partial charge in [0.2, 0.25) is 0 Å². The Morgan fingerprint density at radius 3 is 2.68 bits per heavy atom. The Balaban J connectivity index is 2.07. The summed E-state index contributed by atoms with van der Waals surface area (Å²) >= 11 is 5.36. The van der Waals surface area contributed by atoms with Crippen LogP contribution in [0.15, 0.2) is 46.0 Å². The maximum absolute atomic E-state index is 11.9. The van der Waals surface area contributed by atoms with Crippen molar-refractivity contribution < 1.29 is 14.6 Å². The van der Waals surface area contributed by atoms with Gasteiger partial charge in [0.25, 0.3) is 5.91 Å². The number of carbonyl (C=O) groups is 1. The Hall–Kier alpha value is -1.61. The first-order valence-electron chi connectivity index (χ1n) is 6.16. The van der Waals surface area contributed by atoms with Crippen LogP contribution in [-0.2, 0) is 0 Å². The SMILES string of the molecule is COc1ccc(C(=O)N/N=C\c2cc(Br)cc(I)c2O)cc1. The van der Waals surface area contributed by atoms with Crippen LogP contribution in [0.2, 0.25) is 0 Å². The number of phenols is 1. The number of halogens is 2. The summed E-state index contributed by atoms with van der Waals surface area (Å²) in [6.07, 6.45) is 1.39. The van der Waals surface area contributed by atoms with Gasteiger partial charge in [-0.3, -0.25) is 4.79 Å². The number of nitrogens with one attached hydrogen (secondary N) is 1. The van der Waals surface area contributed by atoms with E-state index in [-0.39, 0.29) is 11.7 Å². The average Bonchev–Trinajstić information content (AvgIpc) is 2.51. The molecular formula is C15H12BrIN2O3. The second-order valence-corrected chi connectivity index (χ2v) is 6.33. The van der Waals surface area contributed by atoms with Crippen molar-refractivity contribution in [1.29, 1.82) is 0 Å². The third-order valence-electron chi connectivity index (χ3n) is 2.78. The third-order valence-corrected chi connectivity index (χ3v) is 4.06. The fraction of sp³-hybridized carbons (Fsp3) is 0.0667. The fourth-order valence-corrected chi connectivity index (χ4v) is 3.20. The number of nitrogens with zero attached hydrogens (tertiary/aromatic N) is 1. The van der Waals surface area contributed by atoms with E-state index in [1.807, 2.05) is 22.6 Å². The summed E-state index contributed by atoms with van der Waals surface area (Å²) in [6, 6.07) is 10.2. The number of carbonyl (C=O) groups excluding carboxylic acids is 1. The number of aromatic hydroxyl groups is 1. The quantitative estimate of drug-likeness (QED) is 0.404. The summed E-state index contributed by atoms with van der Waals surface area (Å²) in [5.41, 5.74) is 3.38. The second kappa shape index (κ2) is 7.59. The van der Waals surface area contributed by atoms with Crippen molar-refractivity contribution in [3.05, 3.63) is 55.6 Å². The Labute approximate surface area is 149 Å². The van der Waals surface area contributed by atoms with Crippen LogP contribution in [0.3, 0.4) is 0 Å². The molecule has 0 aliphatic carbocycles. The third kappa shape index (κ3) is 4.20. The summed E-state index contributed by atoms with van der Waals surface area (Å²) in [5.74, 6) is 0.447. The van der Waals surface area contributed by atoms with E-state index >= 15 is 0 Å². The molecule has 22 heavy (non-hydrogen) atoms. The molecule has 0 unspecified atom stereocenters. The molecule has 2 aromatic carbocycles. The van der Waals surface area contributed by atoms with Gasteiger partial charge >= 0.3 is 0 Å². The van der Waals surface area contributed by atoms with Crippen molar-refractivity contribution in [2.45, 2.75) is 0 Å². The molecule has 0 atom stereocenters. The molecule has 0 aromatic heterocycles. The van der Waals surface area contributed by atoms with E-state index in [1.54, 1.807) is 43.5 Å². The summed E-state index contributed by atoms with van der Waals surface area (Å²) in [4.78, 5) is 11.9. The van der Waals surface area contributed by atoms with Gasteiger partial charge in [-0.2, -0.15) is 5.10 Å². The molecule has 2 N–H and O–H groups in total. The molecule has 5 nitrogen and oxygen atoms in total. The standard InChI is InChI=1S/C15H12BrIN2O3/c1-22-12-4-2-9(3-5-12)15(21)19-18-8-10-6-11(16)7-13(17)14(10)20/h2-8,20H,1H3,(H,19,21)/b18-8-. The molecular weight excluding hydrogens is 463 g/mol. The smallest absolute Gasteiger partial charge is 0.271 e. The molecule has 1 amide bonds. The first-order chi connectivity index (χ1) is 10.5. The number of rotatable bonds is 4. The number of methoxy groups -OCH3 is 1. The molecule has 114 valence electrons. The minimum absolute atomic E-state index is 0.117. The number of hydrogen-bond donors (Lipinski definition) is 2. The van der Waals surface area contributed by atoms with Gasteiger partial charge in [0, 0.05) is 15.6 Å². The topological polar surface area (TPSA) is 70.9 Å². The van der Waals surface area contributed by atoms with Crippen LogP contribution in [0.1, 0.15) is 15.9 Å². The van der Waals surface area contributed by atoms with Gasteiger partial charge in [-0.25, -0.2) is 5.43 Å². The van der Waals surface area contributed by atoms with Gasteiger partial charge in [-0.1, -0.05) is 15.9 Å². The summed E-state index contributed by atoms with van der Waals surface area (Å²) in [7, 11) is 1.56. The highest BCUT2D eigenvalue weighted by Crippen LogP contribution is 2.27. The molecule has 2 aromatic rings. The van der Waals surface area contributed by atoms with Crippen LogP contribution >= 0.6 is 38.5 Å². The van der Waals surface area contributed by atoms with E-state index in [0.717, 1.165) is 4.47 Å². The maximum Gasteiger partial charge on any atom is 0.271 e. The van der Waals surface area contributed by atoms with Gasteiger partial charge in [0.1, 0.15) is 11.5 Å². The van der Waals surface area contributed by atoms with Gasteiger partial charge in [-0.05, 0) is 59.0 Å². The molecule has 0 aliphatic rings. The Morgan fingerprint density at radius 1 is 1.36 bits per heavy atom. The van der Waals surface area contributed by atoms with Crippen LogP contribution in [0, 0.1) is 3.57 Å². The lowest BCUT2D eigenvalue weighted by Crippen LogP contribution is -2.17. The Bertz CT molecular complexity index is 717. The number of hydrogen-bond acceptors (Lipinski definition) is 4. The normalized spacial score (nSPS) is 10.7. The van der Waals surface area contributed by atoms with Gasteiger partial charge in [0.05, 0.1) is 16.9 Å². The monoisotopic (exact) mass is 474 g/mol. The fourth-order valence-electron chi connectivity index (χ4n) is 1.65. The minimum Gasteiger partial charge on any atom is -0.506 e. The molecule has 0 spiro atoms. The highest BCUT2D eigenvalue weighted by atomic mass is 127. The van der Waals surface area contributed by atoms with Crippen molar-refractivity contribution in [3.63, 3.8) is 0 Å². The van der Waals surface area contributed by atoms with Crippen LogP contribution in [-0.4, -0.2) is 24.3 Å². The zero-order chi connectivity index (χ0) is 16.1. The highest BCUT2D eigenvalue weighted by Gasteiger charge is 2.06. The zero-order valence-corrected chi connectivity index (χ0v) is 15.3. The summed E-state index contributed by atoms with van der Waals surface area (Å²) in [5, 5.41) is 13.8. The van der Waals surface area contributed by atoms with E-state index in [0.29, 0.717) is 20.4 Å². The summed E-state index contributed by atoms with van der Waals surface area (Å²) < 4.78 is 6.54. The second-order valence-electron chi connectivity index (χ2n) is 4.25. The lowest BCUT2D eigenvalue weighted by Gasteiger charge is -2.04. The number of hydrazone groups is 1. The van der Waals surface area contributed by atoms with Crippen molar-refractivity contribution in [2.24, 2.45) is 5.10 Å². The molecule has 0 saturated carbocycles. The predicted molar refractivity (Wildman–Crippen MR) is 96.6 cm³/mol.